The summed E-state index contributed by atoms with van der Waals surface area (Å²) in [5, 5.41) is 11.0. The smallest absolute Gasteiger partial charge is 0.0796 e. The highest BCUT2D eigenvalue weighted by molar-refractivity contribution is 9.10. The van der Waals surface area contributed by atoms with Crippen molar-refractivity contribution in [3.63, 3.8) is 0 Å². The molecule has 1 aromatic heterocycles. The van der Waals surface area contributed by atoms with Crippen molar-refractivity contribution >= 4 is 43.9 Å². The molecule has 3 aromatic rings. The normalized spacial score (nSPS) is 10.7. The van der Waals surface area contributed by atoms with Crippen molar-refractivity contribution in [1.29, 1.82) is 0 Å². The molecular formula is C19H21BrN4. The molecule has 1 heterocycles. The van der Waals surface area contributed by atoms with Gasteiger partial charge in [0, 0.05) is 64.9 Å². The predicted octanol–water partition coefficient (Wildman–Crippen LogP) is 5.10. The van der Waals surface area contributed by atoms with E-state index in [1.54, 1.807) is 0 Å². The van der Waals surface area contributed by atoms with Gasteiger partial charge in [0.05, 0.1) is 5.52 Å². The Hall–Kier alpha value is -2.27. The van der Waals surface area contributed by atoms with Crippen LogP contribution in [0.3, 0.4) is 0 Å². The minimum absolute atomic E-state index is 0.991. The number of aromatic nitrogens is 1. The molecule has 0 bridgehead atoms. The lowest BCUT2D eigenvalue weighted by molar-refractivity contribution is 1.25. The largest absolute Gasteiger partial charge is 0.388 e. The Morgan fingerprint density at radius 3 is 2.17 bits per heavy atom. The maximum atomic E-state index is 4.81. The summed E-state index contributed by atoms with van der Waals surface area (Å²) >= 11 is 3.67. The van der Waals surface area contributed by atoms with E-state index in [9.17, 15) is 0 Å². The van der Waals surface area contributed by atoms with Gasteiger partial charge in [-0.25, -0.2) is 0 Å². The average molecular weight is 385 g/mol. The zero-order valence-corrected chi connectivity index (χ0v) is 15.9. The van der Waals surface area contributed by atoms with Crippen LogP contribution in [0.5, 0.6) is 0 Å². The van der Waals surface area contributed by atoms with E-state index >= 15 is 0 Å². The van der Waals surface area contributed by atoms with Gasteiger partial charge < -0.3 is 16.0 Å². The number of hydrogen-bond acceptors (Lipinski definition) is 4. The maximum Gasteiger partial charge on any atom is 0.0796 e. The fraction of sp³-hybridized carbons (Fsp3) is 0.211. The van der Waals surface area contributed by atoms with E-state index in [2.05, 4.69) is 62.2 Å². The molecule has 4 nitrogen and oxygen atoms in total. The minimum atomic E-state index is 0.991. The van der Waals surface area contributed by atoms with Gasteiger partial charge >= 0.3 is 0 Å². The second-order valence-electron chi connectivity index (χ2n) is 5.64. The van der Waals surface area contributed by atoms with E-state index in [0.29, 0.717) is 0 Å². The van der Waals surface area contributed by atoms with Crippen LogP contribution in [0.2, 0.25) is 0 Å². The van der Waals surface area contributed by atoms with Crippen LogP contribution in [0.1, 0.15) is 5.69 Å². The van der Waals surface area contributed by atoms with Crippen molar-refractivity contribution < 1.29 is 0 Å². The van der Waals surface area contributed by atoms with E-state index in [1.807, 2.05) is 34.1 Å². The lowest BCUT2D eigenvalue weighted by atomic mass is 9.97. The van der Waals surface area contributed by atoms with Gasteiger partial charge in [-0.1, -0.05) is 34.1 Å². The fourth-order valence-corrected chi connectivity index (χ4v) is 3.65. The Morgan fingerprint density at radius 1 is 0.917 bits per heavy atom. The molecule has 0 aliphatic heterocycles. The molecule has 5 heteroatoms. The standard InChI is InChI=1S/C19H21BrN4/c1-11-8-15(20)13-6-5-7-14(19(13)24-11)18-16(22-3)9-12(21-2)10-17(18)23-4/h5-10,21-23H,1-4H3. The Bertz CT molecular complexity index is 880. The summed E-state index contributed by atoms with van der Waals surface area (Å²) in [6, 6.07) is 12.6. The van der Waals surface area contributed by atoms with Crippen molar-refractivity contribution in [2.45, 2.75) is 6.92 Å². The third kappa shape index (κ3) is 2.80. The summed E-state index contributed by atoms with van der Waals surface area (Å²) < 4.78 is 1.07. The number of anilines is 3. The molecule has 24 heavy (non-hydrogen) atoms. The molecule has 0 atom stereocenters. The average Bonchev–Trinajstić information content (AvgIpc) is 2.60. The van der Waals surface area contributed by atoms with Crippen LogP contribution in [0.4, 0.5) is 17.1 Å². The molecule has 0 radical (unpaired) electrons. The molecule has 2 aromatic carbocycles. The minimum Gasteiger partial charge on any atom is -0.388 e. The Balaban J connectivity index is 2.39. The van der Waals surface area contributed by atoms with Crippen molar-refractivity contribution in [2.75, 3.05) is 37.1 Å². The molecule has 0 spiro atoms. The summed E-state index contributed by atoms with van der Waals surface area (Å²) in [5.41, 5.74) is 7.37. The number of nitrogens with zero attached hydrogens (tertiary/aromatic N) is 1. The summed E-state index contributed by atoms with van der Waals surface area (Å²) in [5.74, 6) is 0. The highest BCUT2D eigenvalue weighted by Gasteiger charge is 2.16. The lowest BCUT2D eigenvalue weighted by Crippen LogP contribution is -2.01. The van der Waals surface area contributed by atoms with Crippen LogP contribution in [0, 0.1) is 6.92 Å². The molecule has 3 rings (SSSR count). The molecule has 0 amide bonds. The van der Waals surface area contributed by atoms with Crippen LogP contribution in [0.25, 0.3) is 22.0 Å². The number of fused-ring (bicyclic) bond motifs is 1. The van der Waals surface area contributed by atoms with Crippen LogP contribution in [0.15, 0.2) is 40.9 Å². The first kappa shape index (κ1) is 16.6. The van der Waals surface area contributed by atoms with Crippen molar-refractivity contribution in [3.05, 3.63) is 46.6 Å². The van der Waals surface area contributed by atoms with E-state index in [1.165, 1.54) is 0 Å². The highest BCUT2D eigenvalue weighted by atomic mass is 79.9. The topological polar surface area (TPSA) is 49.0 Å². The number of hydrogen-bond donors (Lipinski definition) is 3. The fourth-order valence-electron chi connectivity index (χ4n) is 3.00. The number of rotatable bonds is 4. The molecule has 0 aliphatic carbocycles. The molecule has 0 aliphatic rings. The molecule has 0 saturated heterocycles. The third-order valence-electron chi connectivity index (χ3n) is 4.15. The van der Waals surface area contributed by atoms with Crippen LogP contribution in [-0.2, 0) is 0 Å². The van der Waals surface area contributed by atoms with Gasteiger partial charge in [-0.05, 0) is 25.1 Å². The first-order valence-electron chi connectivity index (χ1n) is 7.86. The number of nitrogens with one attached hydrogen (secondary N) is 3. The second-order valence-corrected chi connectivity index (χ2v) is 6.50. The van der Waals surface area contributed by atoms with E-state index in [0.717, 1.165) is 49.3 Å². The van der Waals surface area contributed by atoms with E-state index < -0.39 is 0 Å². The van der Waals surface area contributed by atoms with Gasteiger partial charge in [0.25, 0.3) is 0 Å². The Morgan fingerprint density at radius 2 is 1.58 bits per heavy atom. The summed E-state index contributed by atoms with van der Waals surface area (Å²) in [4.78, 5) is 4.81. The third-order valence-corrected chi connectivity index (χ3v) is 4.81. The molecule has 0 saturated carbocycles. The lowest BCUT2D eigenvalue weighted by Gasteiger charge is -2.18. The molecular weight excluding hydrogens is 364 g/mol. The first-order chi connectivity index (χ1) is 11.6. The quantitative estimate of drug-likeness (QED) is 0.585. The zero-order valence-electron chi connectivity index (χ0n) is 14.3. The van der Waals surface area contributed by atoms with E-state index in [4.69, 9.17) is 4.98 Å². The number of benzene rings is 2. The van der Waals surface area contributed by atoms with E-state index in [-0.39, 0.29) is 0 Å². The maximum absolute atomic E-state index is 4.81. The van der Waals surface area contributed by atoms with Crippen molar-refractivity contribution in [3.8, 4) is 11.1 Å². The summed E-state index contributed by atoms with van der Waals surface area (Å²) in [6.07, 6.45) is 0. The zero-order chi connectivity index (χ0) is 17.3. The number of pyridine rings is 1. The number of para-hydroxylation sites is 1. The van der Waals surface area contributed by atoms with Gasteiger partial charge in [-0.15, -0.1) is 0 Å². The van der Waals surface area contributed by atoms with Crippen LogP contribution in [-0.4, -0.2) is 26.1 Å². The Labute approximate surface area is 150 Å². The van der Waals surface area contributed by atoms with Gasteiger partial charge in [-0.2, -0.15) is 0 Å². The molecule has 0 fully saturated rings. The van der Waals surface area contributed by atoms with Crippen molar-refractivity contribution in [1.82, 2.24) is 4.98 Å². The monoisotopic (exact) mass is 384 g/mol. The SMILES string of the molecule is CNc1cc(NC)c(-c2cccc3c(Br)cc(C)nc23)c(NC)c1. The van der Waals surface area contributed by atoms with Crippen LogP contribution >= 0.6 is 15.9 Å². The van der Waals surface area contributed by atoms with Crippen molar-refractivity contribution in [2.24, 2.45) is 0 Å². The first-order valence-corrected chi connectivity index (χ1v) is 8.66. The summed E-state index contributed by atoms with van der Waals surface area (Å²) in [6.45, 7) is 2.02. The second kappa shape index (κ2) is 6.69. The van der Waals surface area contributed by atoms with Gasteiger partial charge in [-0.3, -0.25) is 4.98 Å². The van der Waals surface area contributed by atoms with Gasteiger partial charge in [0.15, 0.2) is 0 Å². The number of aryl methyl sites for hydroxylation is 1. The van der Waals surface area contributed by atoms with Gasteiger partial charge in [0.2, 0.25) is 0 Å². The van der Waals surface area contributed by atoms with Crippen LogP contribution < -0.4 is 16.0 Å². The number of halogens is 1. The molecule has 124 valence electrons. The molecule has 0 unspecified atom stereocenters. The predicted molar refractivity (Wildman–Crippen MR) is 108 cm³/mol. The summed E-state index contributed by atoms with van der Waals surface area (Å²) in [7, 11) is 5.81. The highest BCUT2D eigenvalue weighted by Crippen LogP contribution is 2.41. The van der Waals surface area contributed by atoms with Gasteiger partial charge in [0.1, 0.15) is 0 Å². The molecule has 3 N–H and O–H groups in total. The Kier molecular flexibility index (Phi) is 4.62.